The lowest BCUT2D eigenvalue weighted by Crippen LogP contribution is -2.01. The molecule has 0 aliphatic carbocycles. The summed E-state index contributed by atoms with van der Waals surface area (Å²) in [6.45, 7) is 4.67. The number of aliphatic hydroxyl groups is 1. The van der Waals surface area contributed by atoms with Gasteiger partial charge in [-0.3, -0.25) is 0 Å². The Morgan fingerprint density at radius 2 is 1.88 bits per heavy atom. The molecule has 0 aromatic heterocycles. The van der Waals surface area contributed by atoms with E-state index in [9.17, 15) is 0 Å². The van der Waals surface area contributed by atoms with Gasteiger partial charge in [0.2, 0.25) is 0 Å². The fourth-order valence-electron chi connectivity index (χ4n) is 1.84. The average Bonchev–Trinajstić information content (AvgIpc) is 2.31. The third-order valence-corrected chi connectivity index (χ3v) is 2.63. The predicted molar refractivity (Wildman–Crippen MR) is 66.8 cm³/mol. The Morgan fingerprint density at radius 3 is 2.41 bits per heavy atom. The van der Waals surface area contributed by atoms with Gasteiger partial charge < -0.3 is 9.84 Å². The SMILES string of the molecule is Cc1cc(CO)cc(C)c1OCCCCC#N. The fourth-order valence-corrected chi connectivity index (χ4v) is 1.84. The van der Waals surface area contributed by atoms with E-state index in [-0.39, 0.29) is 6.61 Å². The Kier molecular flexibility index (Phi) is 5.51. The van der Waals surface area contributed by atoms with Gasteiger partial charge in [0.1, 0.15) is 5.75 Å². The lowest BCUT2D eigenvalue weighted by atomic mass is 10.1. The Balaban J connectivity index is 2.56. The van der Waals surface area contributed by atoms with Crippen LogP contribution < -0.4 is 4.74 Å². The molecule has 0 atom stereocenters. The maximum absolute atomic E-state index is 9.08. The smallest absolute Gasteiger partial charge is 0.125 e. The zero-order valence-corrected chi connectivity index (χ0v) is 10.5. The van der Waals surface area contributed by atoms with Gasteiger partial charge in [-0.15, -0.1) is 0 Å². The monoisotopic (exact) mass is 233 g/mol. The van der Waals surface area contributed by atoms with Gasteiger partial charge in [-0.05, 0) is 43.4 Å². The molecule has 1 rings (SSSR count). The second kappa shape index (κ2) is 6.93. The zero-order valence-electron chi connectivity index (χ0n) is 10.5. The molecule has 0 fully saturated rings. The van der Waals surface area contributed by atoms with Gasteiger partial charge in [0.25, 0.3) is 0 Å². The summed E-state index contributed by atoms with van der Waals surface area (Å²) in [5, 5.41) is 17.5. The van der Waals surface area contributed by atoms with E-state index in [1.54, 1.807) is 0 Å². The van der Waals surface area contributed by atoms with Crippen LogP contribution in [0.2, 0.25) is 0 Å². The number of nitriles is 1. The molecule has 0 aliphatic rings. The summed E-state index contributed by atoms with van der Waals surface area (Å²) in [6, 6.07) is 6.01. The molecule has 1 aromatic carbocycles. The lowest BCUT2D eigenvalue weighted by Gasteiger charge is -2.13. The normalized spacial score (nSPS) is 10.0. The van der Waals surface area contributed by atoms with Crippen molar-refractivity contribution < 1.29 is 9.84 Å². The van der Waals surface area contributed by atoms with Crippen LogP contribution >= 0.6 is 0 Å². The summed E-state index contributed by atoms with van der Waals surface area (Å²) in [5.74, 6) is 0.902. The van der Waals surface area contributed by atoms with Crippen LogP contribution in [0.25, 0.3) is 0 Å². The molecule has 0 saturated carbocycles. The molecule has 0 radical (unpaired) electrons. The van der Waals surface area contributed by atoms with Crippen molar-refractivity contribution in [3.05, 3.63) is 28.8 Å². The number of rotatable bonds is 6. The molecule has 0 amide bonds. The lowest BCUT2D eigenvalue weighted by molar-refractivity contribution is 0.280. The summed E-state index contributed by atoms with van der Waals surface area (Å²) in [7, 11) is 0. The second-order valence-corrected chi connectivity index (χ2v) is 4.18. The van der Waals surface area contributed by atoms with Crippen LogP contribution in [0, 0.1) is 25.2 Å². The second-order valence-electron chi connectivity index (χ2n) is 4.18. The maximum Gasteiger partial charge on any atom is 0.125 e. The highest BCUT2D eigenvalue weighted by Gasteiger charge is 2.05. The molecule has 92 valence electrons. The third kappa shape index (κ3) is 4.08. The Bertz CT molecular complexity index is 384. The highest BCUT2D eigenvalue weighted by atomic mass is 16.5. The molecule has 0 aliphatic heterocycles. The third-order valence-electron chi connectivity index (χ3n) is 2.63. The number of unbranched alkanes of at least 4 members (excludes halogenated alkanes) is 2. The number of nitrogens with zero attached hydrogens (tertiary/aromatic N) is 1. The largest absolute Gasteiger partial charge is 0.493 e. The van der Waals surface area contributed by atoms with E-state index in [0.717, 1.165) is 35.3 Å². The van der Waals surface area contributed by atoms with Crippen LogP contribution in [-0.2, 0) is 6.61 Å². The van der Waals surface area contributed by atoms with Gasteiger partial charge >= 0.3 is 0 Å². The molecule has 3 heteroatoms. The van der Waals surface area contributed by atoms with Gasteiger partial charge in [-0.2, -0.15) is 5.26 Å². The molecular weight excluding hydrogens is 214 g/mol. The van der Waals surface area contributed by atoms with E-state index >= 15 is 0 Å². The van der Waals surface area contributed by atoms with Crippen molar-refractivity contribution in [3.8, 4) is 11.8 Å². The quantitative estimate of drug-likeness (QED) is 0.769. The van der Waals surface area contributed by atoms with Crippen LogP contribution in [0.15, 0.2) is 12.1 Å². The van der Waals surface area contributed by atoms with Crippen molar-refractivity contribution in [2.24, 2.45) is 0 Å². The van der Waals surface area contributed by atoms with Gasteiger partial charge in [-0.1, -0.05) is 12.1 Å². The number of aryl methyl sites for hydroxylation is 2. The standard InChI is InChI=1S/C14H19NO2/c1-11-8-13(10-16)9-12(2)14(11)17-7-5-3-4-6-15/h8-9,16H,3-5,7,10H2,1-2H3. The maximum atomic E-state index is 9.08. The molecule has 0 unspecified atom stereocenters. The topological polar surface area (TPSA) is 53.2 Å². The van der Waals surface area contributed by atoms with E-state index in [1.165, 1.54) is 0 Å². The minimum Gasteiger partial charge on any atom is -0.493 e. The van der Waals surface area contributed by atoms with Gasteiger partial charge in [0.15, 0.2) is 0 Å². The number of benzene rings is 1. The Hall–Kier alpha value is -1.53. The molecule has 1 N–H and O–H groups in total. The first-order chi connectivity index (χ1) is 8.19. The number of aliphatic hydroxyl groups excluding tert-OH is 1. The van der Waals surface area contributed by atoms with Crippen molar-refractivity contribution >= 4 is 0 Å². The van der Waals surface area contributed by atoms with Gasteiger partial charge in [0, 0.05) is 6.42 Å². The predicted octanol–water partition coefficient (Wildman–Crippen LogP) is 2.87. The van der Waals surface area contributed by atoms with Crippen molar-refractivity contribution in [2.75, 3.05) is 6.61 Å². The van der Waals surface area contributed by atoms with Crippen molar-refractivity contribution in [1.29, 1.82) is 5.26 Å². The van der Waals surface area contributed by atoms with Crippen molar-refractivity contribution in [2.45, 2.75) is 39.7 Å². The van der Waals surface area contributed by atoms with Crippen LogP contribution in [0.4, 0.5) is 0 Å². The first kappa shape index (κ1) is 13.5. The van der Waals surface area contributed by atoms with E-state index in [0.29, 0.717) is 13.0 Å². The van der Waals surface area contributed by atoms with Crippen LogP contribution in [-0.4, -0.2) is 11.7 Å². The summed E-state index contributed by atoms with van der Waals surface area (Å²) in [4.78, 5) is 0. The minimum absolute atomic E-state index is 0.0597. The van der Waals surface area contributed by atoms with Crippen LogP contribution in [0.3, 0.4) is 0 Å². The fraction of sp³-hybridized carbons (Fsp3) is 0.500. The van der Waals surface area contributed by atoms with Gasteiger partial charge in [-0.25, -0.2) is 0 Å². The molecule has 0 saturated heterocycles. The summed E-state index contributed by atoms with van der Waals surface area (Å²) in [6.07, 6.45) is 2.36. The highest BCUT2D eigenvalue weighted by molar-refractivity contribution is 5.43. The van der Waals surface area contributed by atoms with E-state index in [4.69, 9.17) is 15.1 Å². The zero-order chi connectivity index (χ0) is 12.7. The number of ether oxygens (including phenoxy) is 1. The first-order valence-electron chi connectivity index (χ1n) is 5.89. The number of hydrogen-bond donors (Lipinski definition) is 1. The summed E-state index contributed by atoms with van der Waals surface area (Å²) in [5.41, 5.74) is 3.01. The highest BCUT2D eigenvalue weighted by Crippen LogP contribution is 2.25. The first-order valence-corrected chi connectivity index (χ1v) is 5.89. The van der Waals surface area contributed by atoms with Crippen LogP contribution in [0.5, 0.6) is 5.75 Å². The molecule has 1 aromatic rings. The Morgan fingerprint density at radius 1 is 1.24 bits per heavy atom. The Labute approximate surface area is 103 Å². The molecule has 0 bridgehead atoms. The molecule has 3 nitrogen and oxygen atoms in total. The van der Waals surface area contributed by atoms with Gasteiger partial charge in [0.05, 0.1) is 19.3 Å². The summed E-state index contributed by atoms with van der Waals surface area (Å²) < 4.78 is 5.72. The average molecular weight is 233 g/mol. The molecule has 0 spiro atoms. The minimum atomic E-state index is 0.0597. The summed E-state index contributed by atoms with van der Waals surface area (Å²) >= 11 is 0. The van der Waals surface area contributed by atoms with E-state index < -0.39 is 0 Å². The van der Waals surface area contributed by atoms with E-state index in [1.807, 2.05) is 26.0 Å². The van der Waals surface area contributed by atoms with Crippen LogP contribution in [0.1, 0.15) is 36.0 Å². The van der Waals surface area contributed by atoms with Crippen molar-refractivity contribution in [3.63, 3.8) is 0 Å². The van der Waals surface area contributed by atoms with Crippen molar-refractivity contribution in [1.82, 2.24) is 0 Å². The van der Waals surface area contributed by atoms with E-state index in [2.05, 4.69) is 6.07 Å². The molecular formula is C14H19NO2. The molecule has 0 heterocycles. The molecule has 17 heavy (non-hydrogen) atoms. The number of hydrogen-bond acceptors (Lipinski definition) is 3.